The Bertz CT molecular complexity index is 1740. The molecule has 90 heavy (non-hydrogen) atoms. The predicted molar refractivity (Wildman–Crippen MR) is 363 cm³/mol. The Labute approximate surface area is 549 Å². The fourth-order valence-corrected chi connectivity index (χ4v) is 12.4. The van der Waals surface area contributed by atoms with Crippen LogP contribution in [0.2, 0.25) is 0 Å². The zero-order valence-corrected chi connectivity index (χ0v) is 60.1. The van der Waals surface area contributed by atoms with Crippen molar-refractivity contribution in [2.75, 3.05) is 39.6 Å². The van der Waals surface area contributed by atoms with Crippen molar-refractivity contribution in [3.8, 4) is 0 Å². The standard InChI is InChI=1S/C71H138O17P2/c1-6-9-12-15-18-21-23-25-26-27-29-31-37-42-47-52-57-71(76)88-67(61-82-69(74)55-50-45-40-35-33-32-34-38-43-48-53-64(4)5)63-86-90(79,80)84-59-65(72)58-83-89(77,78)85-62-66(60-81-68(73)54-49-44-39-20-17-14-11-8-3)87-70(75)56-51-46-41-36-30-28-24-22-19-16-13-10-7-2/h64-67,72H,6-63H2,1-5H3,(H,77,78)(H,79,80)/t65-,66+,67+/m0/s1. The SMILES string of the molecule is CCCCCCCCCCCCCCCCCCC(=O)O[C@H](COC(=O)CCCCCCCCCCCCC(C)C)COP(=O)(O)OC[C@@H](O)COP(=O)(O)OC[C@@H](COC(=O)CCCCCCCCCC)OC(=O)CCCCCCCCCCCCCCC. The summed E-state index contributed by atoms with van der Waals surface area (Å²) in [6.45, 7) is 7.23. The van der Waals surface area contributed by atoms with Gasteiger partial charge in [-0.2, -0.15) is 0 Å². The number of hydrogen-bond donors (Lipinski definition) is 3. The molecular formula is C71H138O17P2. The summed E-state index contributed by atoms with van der Waals surface area (Å²) in [7, 11) is -9.90. The molecule has 0 aliphatic heterocycles. The highest BCUT2D eigenvalue weighted by atomic mass is 31.2. The van der Waals surface area contributed by atoms with Crippen LogP contribution in [0, 0.1) is 5.92 Å². The summed E-state index contributed by atoms with van der Waals surface area (Å²) < 4.78 is 68.3. The highest BCUT2D eigenvalue weighted by Crippen LogP contribution is 2.45. The summed E-state index contributed by atoms with van der Waals surface area (Å²) in [5, 5.41) is 10.6. The minimum absolute atomic E-state index is 0.108. The van der Waals surface area contributed by atoms with Gasteiger partial charge in [0.1, 0.15) is 19.3 Å². The summed E-state index contributed by atoms with van der Waals surface area (Å²) in [6, 6.07) is 0. The van der Waals surface area contributed by atoms with Crippen LogP contribution >= 0.6 is 15.6 Å². The molecule has 2 unspecified atom stereocenters. The molecule has 0 aromatic carbocycles. The monoisotopic (exact) mass is 1320 g/mol. The Balaban J connectivity index is 5.22. The van der Waals surface area contributed by atoms with E-state index in [2.05, 4.69) is 34.6 Å². The first-order valence-corrected chi connectivity index (χ1v) is 40.1. The van der Waals surface area contributed by atoms with E-state index in [-0.39, 0.29) is 25.7 Å². The fraction of sp³-hybridized carbons (Fsp3) is 0.944. The first-order chi connectivity index (χ1) is 43.5. The third-order valence-electron chi connectivity index (χ3n) is 16.5. The molecule has 0 bridgehead atoms. The smallest absolute Gasteiger partial charge is 0.462 e. The average molecular weight is 1330 g/mol. The van der Waals surface area contributed by atoms with Gasteiger partial charge in [-0.05, 0) is 31.6 Å². The molecule has 0 fully saturated rings. The Hall–Kier alpha value is -1.94. The van der Waals surface area contributed by atoms with Gasteiger partial charge in [-0.1, -0.05) is 317 Å². The molecule has 0 aromatic heterocycles. The number of unbranched alkanes of at least 4 members (excludes halogenated alkanes) is 43. The number of ether oxygens (including phenoxy) is 4. The number of hydrogen-bond acceptors (Lipinski definition) is 15. The Kier molecular flexibility index (Phi) is 63.0. The molecule has 5 atom stereocenters. The molecule has 0 aromatic rings. The zero-order chi connectivity index (χ0) is 66.3. The Morgan fingerprint density at radius 3 is 0.756 bits per heavy atom. The van der Waals surface area contributed by atoms with Crippen LogP contribution in [0.3, 0.4) is 0 Å². The fourth-order valence-electron chi connectivity index (χ4n) is 10.8. The topological polar surface area (TPSA) is 237 Å². The van der Waals surface area contributed by atoms with Crippen molar-refractivity contribution >= 4 is 39.5 Å². The number of phosphoric acid groups is 2. The lowest BCUT2D eigenvalue weighted by molar-refractivity contribution is -0.161. The van der Waals surface area contributed by atoms with Crippen LogP contribution in [0.1, 0.15) is 369 Å². The van der Waals surface area contributed by atoms with E-state index in [1.807, 2.05) is 0 Å². The van der Waals surface area contributed by atoms with Gasteiger partial charge in [0, 0.05) is 25.7 Å². The van der Waals surface area contributed by atoms with E-state index in [0.29, 0.717) is 25.7 Å². The van der Waals surface area contributed by atoms with Crippen molar-refractivity contribution in [1.82, 2.24) is 0 Å². The lowest BCUT2D eigenvalue weighted by Gasteiger charge is -2.21. The van der Waals surface area contributed by atoms with Gasteiger partial charge in [-0.3, -0.25) is 37.3 Å². The molecule has 0 aliphatic rings. The Morgan fingerprint density at radius 1 is 0.300 bits per heavy atom. The van der Waals surface area contributed by atoms with Gasteiger partial charge in [0.2, 0.25) is 0 Å². The second-order valence-corrected chi connectivity index (χ2v) is 29.0. The van der Waals surface area contributed by atoms with Crippen LogP contribution < -0.4 is 0 Å². The van der Waals surface area contributed by atoms with E-state index in [1.165, 1.54) is 186 Å². The van der Waals surface area contributed by atoms with Gasteiger partial charge in [0.05, 0.1) is 26.4 Å². The van der Waals surface area contributed by atoms with E-state index in [0.717, 1.165) is 102 Å². The van der Waals surface area contributed by atoms with E-state index in [9.17, 15) is 43.2 Å². The molecule has 0 heterocycles. The van der Waals surface area contributed by atoms with Crippen LogP contribution in [0.5, 0.6) is 0 Å². The normalized spacial score (nSPS) is 14.1. The second-order valence-electron chi connectivity index (χ2n) is 26.1. The third kappa shape index (κ3) is 64.8. The molecule has 0 spiro atoms. The van der Waals surface area contributed by atoms with Gasteiger partial charge >= 0.3 is 39.5 Å². The maximum atomic E-state index is 13.0. The highest BCUT2D eigenvalue weighted by Gasteiger charge is 2.30. The van der Waals surface area contributed by atoms with Gasteiger partial charge in [-0.25, -0.2) is 9.13 Å². The number of aliphatic hydroxyl groups is 1. The van der Waals surface area contributed by atoms with Crippen molar-refractivity contribution in [2.24, 2.45) is 5.92 Å². The zero-order valence-electron chi connectivity index (χ0n) is 58.3. The van der Waals surface area contributed by atoms with Crippen molar-refractivity contribution in [3.05, 3.63) is 0 Å². The largest absolute Gasteiger partial charge is 0.472 e. The molecular weight excluding hydrogens is 1190 g/mol. The van der Waals surface area contributed by atoms with E-state index in [4.69, 9.17) is 37.0 Å². The summed E-state index contributed by atoms with van der Waals surface area (Å²) in [6.07, 6.45) is 51.3. The molecule has 19 heteroatoms. The van der Waals surface area contributed by atoms with Crippen molar-refractivity contribution < 1.29 is 80.2 Å². The summed E-state index contributed by atoms with van der Waals surface area (Å²) >= 11 is 0. The number of carbonyl (C=O) groups is 4. The molecule has 0 rings (SSSR count). The van der Waals surface area contributed by atoms with Crippen LogP contribution in [-0.2, 0) is 65.4 Å². The quantitative estimate of drug-likeness (QED) is 0.0222. The minimum Gasteiger partial charge on any atom is -0.462 e. The molecule has 17 nitrogen and oxygen atoms in total. The molecule has 3 N–H and O–H groups in total. The van der Waals surface area contributed by atoms with E-state index >= 15 is 0 Å². The number of carbonyl (C=O) groups excluding carboxylic acids is 4. The third-order valence-corrected chi connectivity index (χ3v) is 18.4. The van der Waals surface area contributed by atoms with Crippen LogP contribution in [0.4, 0.5) is 0 Å². The second kappa shape index (κ2) is 64.4. The number of phosphoric ester groups is 2. The number of esters is 4. The first kappa shape index (κ1) is 88.1. The van der Waals surface area contributed by atoms with Crippen LogP contribution in [-0.4, -0.2) is 96.7 Å². The van der Waals surface area contributed by atoms with Gasteiger partial charge < -0.3 is 33.8 Å². The van der Waals surface area contributed by atoms with Crippen LogP contribution in [0.25, 0.3) is 0 Å². The molecule has 0 radical (unpaired) electrons. The average Bonchev–Trinajstić information content (AvgIpc) is 3.66. The van der Waals surface area contributed by atoms with Crippen molar-refractivity contribution in [2.45, 2.75) is 387 Å². The summed E-state index contributed by atoms with van der Waals surface area (Å²) in [5.41, 5.74) is 0. The lowest BCUT2D eigenvalue weighted by Crippen LogP contribution is -2.30. The van der Waals surface area contributed by atoms with E-state index in [1.54, 1.807) is 0 Å². The lowest BCUT2D eigenvalue weighted by atomic mass is 10.0. The molecule has 0 saturated carbocycles. The number of rotatable bonds is 71. The maximum absolute atomic E-state index is 13.0. The summed E-state index contributed by atoms with van der Waals surface area (Å²) in [5.74, 6) is -1.36. The maximum Gasteiger partial charge on any atom is 0.472 e. The molecule has 0 amide bonds. The highest BCUT2D eigenvalue weighted by molar-refractivity contribution is 7.47. The molecule has 0 saturated heterocycles. The van der Waals surface area contributed by atoms with Crippen molar-refractivity contribution in [1.29, 1.82) is 0 Å². The number of aliphatic hydroxyl groups excluding tert-OH is 1. The van der Waals surface area contributed by atoms with Crippen molar-refractivity contribution in [3.63, 3.8) is 0 Å². The van der Waals surface area contributed by atoms with Crippen LogP contribution in [0.15, 0.2) is 0 Å². The Morgan fingerprint density at radius 2 is 0.511 bits per heavy atom. The van der Waals surface area contributed by atoms with Gasteiger partial charge in [-0.15, -0.1) is 0 Å². The van der Waals surface area contributed by atoms with Gasteiger partial charge in [0.15, 0.2) is 12.2 Å². The van der Waals surface area contributed by atoms with E-state index < -0.39 is 97.5 Å². The predicted octanol–water partition coefficient (Wildman–Crippen LogP) is 20.5. The summed E-state index contributed by atoms with van der Waals surface area (Å²) in [4.78, 5) is 72.5. The minimum atomic E-state index is -4.95. The molecule has 0 aliphatic carbocycles. The molecule has 534 valence electrons. The first-order valence-electron chi connectivity index (χ1n) is 37.1. The van der Waals surface area contributed by atoms with Gasteiger partial charge in [0.25, 0.3) is 0 Å².